The van der Waals surface area contributed by atoms with Crippen LogP contribution in [0.3, 0.4) is 0 Å². The van der Waals surface area contributed by atoms with Crippen LogP contribution in [-0.4, -0.2) is 0 Å². The van der Waals surface area contributed by atoms with Crippen molar-refractivity contribution in [2.75, 3.05) is 0 Å². The van der Waals surface area contributed by atoms with Crippen LogP contribution in [0.2, 0.25) is 0 Å². The molecule has 2 rings (SSSR count). The third-order valence-electron chi connectivity index (χ3n) is 5.66. The maximum Gasteiger partial charge on any atom is -0.0354 e. The minimum absolute atomic E-state index is 0. The van der Waals surface area contributed by atoms with Gasteiger partial charge in [0.2, 0.25) is 0 Å². The average Bonchev–Trinajstić information content (AvgIpc) is 2.50. The molecule has 0 aromatic heterocycles. The van der Waals surface area contributed by atoms with E-state index in [-0.39, 0.29) is 7.43 Å². The van der Waals surface area contributed by atoms with Gasteiger partial charge in [-0.1, -0.05) is 101 Å². The molecule has 0 atom stereocenters. The predicted molar refractivity (Wildman–Crippen MR) is 110 cm³/mol. The van der Waals surface area contributed by atoms with Crippen LogP contribution in [0.15, 0.2) is 0 Å². The van der Waals surface area contributed by atoms with E-state index in [0.717, 1.165) is 11.8 Å². The molecule has 142 valence electrons. The van der Waals surface area contributed by atoms with E-state index in [0.29, 0.717) is 10.8 Å². The van der Waals surface area contributed by atoms with Crippen LogP contribution in [0.4, 0.5) is 0 Å². The molecule has 0 unspecified atom stereocenters. The molecule has 0 aliphatic heterocycles. The highest BCUT2D eigenvalue weighted by Crippen LogP contribution is 2.38. The second-order valence-corrected chi connectivity index (χ2v) is 9.40. The van der Waals surface area contributed by atoms with Gasteiger partial charge in [0.25, 0.3) is 0 Å². The van der Waals surface area contributed by atoms with E-state index in [9.17, 15) is 0 Å². The van der Waals surface area contributed by atoms with Crippen LogP contribution >= 0.6 is 0 Å². The first-order valence-electron chi connectivity index (χ1n) is 10.2. The third kappa shape index (κ3) is 11.2. The normalized spacial score (nSPS) is 20.3. The van der Waals surface area contributed by atoms with Crippen LogP contribution < -0.4 is 0 Å². The molecule has 2 aliphatic rings. The lowest BCUT2D eigenvalue weighted by molar-refractivity contribution is 0.179. The SMILES string of the molecule is C.CC.CC(C)(C)C1CCCCC1.CC(C)(C)C1CCCCC1. The van der Waals surface area contributed by atoms with E-state index in [1.54, 1.807) is 0 Å². The average molecular weight is 327 g/mol. The largest absolute Gasteiger partial charge is 0.0776 e. The van der Waals surface area contributed by atoms with E-state index in [4.69, 9.17) is 0 Å². The minimum atomic E-state index is 0. The summed E-state index contributed by atoms with van der Waals surface area (Å²) in [6, 6.07) is 0. The molecule has 0 aromatic rings. The fourth-order valence-electron chi connectivity index (χ4n) is 3.94. The molecule has 0 saturated heterocycles. The van der Waals surface area contributed by atoms with Crippen LogP contribution in [0.25, 0.3) is 0 Å². The first-order chi connectivity index (χ1) is 10.2. The molecule has 0 spiro atoms. The van der Waals surface area contributed by atoms with Crippen molar-refractivity contribution in [1.82, 2.24) is 0 Å². The van der Waals surface area contributed by atoms with Crippen LogP contribution in [-0.2, 0) is 0 Å². The second kappa shape index (κ2) is 12.4. The lowest BCUT2D eigenvalue weighted by Crippen LogP contribution is -2.22. The zero-order valence-corrected chi connectivity index (χ0v) is 17.2. The monoisotopic (exact) mass is 326 g/mol. The minimum Gasteiger partial charge on any atom is -0.0776 e. The van der Waals surface area contributed by atoms with Gasteiger partial charge in [-0.25, -0.2) is 0 Å². The van der Waals surface area contributed by atoms with Gasteiger partial charge >= 0.3 is 0 Å². The van der Waals surface area contributed by atoms with Gasteiger partial charge in [-0.05, 0) is 48.3 Å². The van der Waals surface area contributed by atoms with Gasteiger partial charge in [-0.2, -0.15) is 0 Å². The summed E-state index contributed by atoms with van der Waals surface area (Å²) in [6.45, 7) is 18.3. The molecule has 0 radical (unpaired) electrons. The van der Waals surface area contributed by atoms with Crippen LogP contribution in [0, 0.1) is 22.7 Å². The Morgan fingerprint density at radius 3 is 0.826 bits per heavy atom. The zero-order chi connectivity index (χ0) is 17.2. The van der Waals surface area contributed by atoms with Gasteiger partial charge in [-0.3, -0.25) is 0 Å². The van der Waals surface area contributed by atoms with Crippen molar-refractivity contribution in [3.63, 3.8) is 0 Å². The number of hydrogen-bond acceptors (Lipinski definition) is 0. The van der Waals surface area contributed by atoms with Crippen LogP contribution in [0.1, 0.15) is 127 Å². The zero-order valence-electron chi connectivity index (χ0n) is 17.2. The molecule has 23 heavy (non-hydrogen) atoms. The fourth-order valence-corrected chi connectivity index (χ4v) is 3.94. The van der Waals surface area contributed by atoms with Crippen molar-refractivity contribution in [2.45, 2.75) is 127 Å². The van der Waals surface area contributed by atoms with Crippen molar-refractivity contribution < 1.29 is 0 Å². The lowest BCUT2D eigenvalue weighted by atomic mass is 9.72. The molecule has 0 N–H and O–H groups in total. The van der Waals surface area contributed by atoms with Gasteiger partial charge < -0.3 is 0 Å². The van der Waals surface area contributed by atoms with E-state index >= 15 is 0 Å². The summed E-state index contributed by atoms with van der Waals surface area (Å²) in [5.41, 5.74) is 1.14. The van der Waals surface area contributed by atoms with Crippen molar-refractivity contribution in [2.24, 2.45) is 22.7 Å². The molecule has 0 aromatic carbocycles. The summed E-state index contributed by atoms with van der Waals surface area (Å²) in [5.74, 6) is 2.00. The molecule has 2 fully saturated rings. The molecular formula is C23H50. The highest BCUT2D eigenvalue weighted by Gasteiger charge is 2.26. The maximum atomic E-state index is 2.38. The molecule has 0 heteroatoms. The van der Waals surface area contributed by atoms with Crippen molar-refractivity contribution in [3.8, 4) is 0 Å². The Morgan fingerprint density at radius 1 is 0.478 bits per heavy atom. The van der Waals surface area contributed by atoms with Gasteiger partial charge in [0, 0.05) is 0 Å². The molecule has 0 heterocycles. The Bertz CT molecular complexity index is 210. The Balaban J connectivity index is 0. The molecule has 2 aliphatic carbocycles. The molecule has 2 saturated carbocycles. The van der Waals surface area contributed by atoms with Crippen LogP contribution in [0.5, 0.6) is 0 Å². The summed E-state index contributed by atoms with van der Waals surface area (Å²) < 4.78 is 0. The first-order valence-corrected chi connectivity index (χ1v) is 10.2. The summed E-state index contributed by atoms with van der Waals surface area (Å²) in [7, 11) is 0. The predicted octanol–water partition coefficient (Wildman–Crippen LogP) is 8.89. The Hall–Kier alpha value is 0. The van der Waals surface area contributed by atoms with E-state index < -0.39 is 0 Å². The summed E-state index contributed by atoms with van der Waals surface area (Å²) in [6.07, 6.45) is 14.8. The molecule has 0 nitrogen and oxygen atoms in total. The Morgan fingerprint density at radius 2 is 0.696 bits per heavy atom. The Kier molecular flexibility index (Phi) is 13.6. The topological polar surface area (TPSA) is 0 Å². The number of rotatable bonds is 0. The summed E-state index contributed by atoms with van der Waals surface area (Å²) >= 11 is 0. The molecule has 0 amide bonds. The van der Waals surface area contributed by atoms with E-state index in [1.165, 1.54) is 64.2 Å². The lowest BCUT2D eigenvalue weighted by Gasteiger charge is -2.33. The fraction of sp³-hybridized carbons (Fsp3) is 1.00. The smallest absolute Gasteiger partial charge is 0.0354 e. The Labute approximate surface area is 150 Å². The van der Waals surface area contributed by atoms with Gasteiger partial charge in [0.15, 0.2) is 0 Å². The molecule has 0 bridgehead atoms. The standard InChI is InChI=1S/2C10H20.C2H6.CH4/c2*1-10(2,3)9-7-5-4-6-8-9;1-2;/h2*9H,4-8H2,1-3H3;1-2H3;1H4. The van der Waals surface area contributed by atoms with Gasteiger partial charge in [0.05, 0.1) is 0 Å². The molecular weight excluding hydrogens is 276 g/mol. The second-order valence-electron chi connectivity index (χ2n) is 9.40. The highest BCUT2D eigenvalue weighted by molar-refractivity contribution is 4.77. The highest BCUT2D eigenvalue weighted by atomic mass is 14.3. The van der Waals surface area contributed by atoms with Crippen molar-refractivity contribution in [3.05, 3.63) is 0 Å². The van der Waals surface area contributed by atoms with Crippen molar-refractivity contribution in [1.29, 1.82) is 0 Å². The van der Waals surface area contributed by atoms with E-state index in [1.807, 2.05) is 13.8 Å². The third-order valence-corrected chi connectivity index (χ3v) is 5.66. The van der Waals surface area contributed by atoms with Gasteiger partial charge in [0.1, 0.15) is 0 Å². The quantitative estimate of drug-likeness (QED) is 0.417. The maximum absolute atomic E-state index is 2.38. The number of hydrogen-bond donors (Lipinski definition) is 0. The van der Waals surface area contributed by atoms with Gasteiger partial charge in [-0.15, -0.1) is 0 Å². The summed E-state index contributed by atoms with van der Waals surface area (Å²) in [5, 5.41) is 0. The summed E-state index contributed by atoms with van der Waals surface area (Å²) in [4.78, 5) is 0. The van der Waals surface area contributed by atoms with E-state index in [2.05, 4.69) is 41.5 Å². The van der Waals surface area contributed by atoms with Crippen molar-refractivity contribution >= 4 is 0 Å². The first kappa shape index (κ1) is 25.2.